The normalized spacial score (nSPS) is 11.1. The van der Waals surface area contributed by atoms with Crippen LogP contribution in [0.5, 0.6) is 0 Å². The van der Waals surface area contributed by atoms with Gasteiger partial charge in [0.2, 0.25) is 0 Å². The van der Waals surface area contributed by atoms with Gasteiger partial charge in [-0.15, -0.1) is 5.11 Å². The van der Waals surface area contributed by atoms with E-state index in [9.17, 15) is 0 Å². The predicted octanol–water partition coefficient (Wildman–Crippen LogP) is 4.93. The van der Waals surface area contributed by atoms with Gasteiger partial charge in [0, 0.05) is 10.2 Å². The standard InChI is InChI=1S/C12H11BrN4S/c1-7-11(8(2)15-12(18)14-7)17-16-10-5-3-9(13)4-6-10/h3-6H,1-2H3,(H,14,15,18). The zero-order valence-corrected chi connectivity index (χ0v) is 12.3. The molecular formula is C12H11BrN4S. The van der Waals surface area contributed by atoms with Crippen molar-refractivity contribution in [3.05, 3.63) is 44.9 Å². The van der Waals surface area contributed by atoms with Crippen molar-refractivity contribution in [2.24, 2.45) is 10.2 Å². The fourth-order valence-corrected chi connectivity index (χ4v) is 2.04. The van der Waals surface area contributed by atoms with Gasteiger partial charge < -0.3 is 4.98 Å². The summed E-state index contributed by atoms with van der Waals surface area (Å²) < 4.78 is 1.48. The van der Waals surface area contributed by atoms with E-state index in [4.69, 9.17) is 12.2 Å². The molecule has 0 radical (unpaired) electrons. The van der Waals surface area contributed by atoms with Crippen LogP contribution in [0.25, 0.3) is 0 Å². The summed E-state index contributed by atoms with van der Waals surface area (Å²) in [6, 6.07) is 7.61. The lowest BCUT2D eigenvalue weighted by atomic mass is 10.3. The second kappa shape index (κ2) is 5.49. The maximum Gasteiger partial charge on any atom is 0.197 e. The van der Waals surface area contributed by atoms with E-state index in [0.29, 0.717) is 4.77 Å². The zero-order chi connectivity index (χ0) is 13.1. The number of nitrogens with one attached hydrogen (secondary N) is 1. The molecule has 0 bridgehead atoms. The number of hydrogen-bond acceptors (Lipinski definition) is 4. The summed E-state index contributed by atoms with van der Waals surface area (Å²) in [4.78, 5) is 7.13. The largest absolute Gasteiger partial charge is 0.333 e. The Morgan fingerprint density at radius 2 is 1.83 bits per heavy atom. The highest BCUT2D eigenvalue weighted by atomic mass is 79.9. The first-order valence-electron chi connectivity index (χ1n) is 5.31. The molecule has 4 nitrogen and oxygen atoms in total. The van der Waals surface area contributed by atoms with Crippen LogP contribution in [0.2, 0.25) is 0 Å². The van der Waals surface area contributed by atoms with Gasteiger partial charge >= 0.3 is 0 Å². The van der Waals surface area contributed by atoms with Crippen molar-refractivity contribution in [1.29, 1.82) is 0 Å². The van der Waals surface area contributed by atoms with Gasteiger partial charge in [0.1, 0.15) is 5.69 Å². The summed E-state index contributed by atoms with van der Waals surface area (Å²) in [6.07, 6.45) is 0. The SMILES string of the molecule is Cc1nc(=S)[nH]c(C)c1N=Nc1ccc(Br)cc1. The molecule has 1 N–H and O–H groups in total. The average Bonchev–Trinajstić information content (AvgIpc) is 2.30. The van der Waals surface area contributed by atoms with Crippen LogP contribution in [-0.2, 0) is 0 Å². The number of nitrogens with zero attached hydrogens (tertiary/aromatic N) is 3. The molecule has 0 aliphatic rings. The summed E-state index contributed by atoms with van der Waals surface area (Å²) in [5.41, 5.74) is 3.16. The molecule has 6 heteroatoms. The van der Waals surface area contributed by atoms with Gasteiger partial charge in [-0.1, -0.05) is 15.9 Å². The van der Waals surface area contributed by atoms with Gasteiger partial charge in [-0.3, -0.25) is 0 Å². The first-order valence-corrected chi connectivity index (χ1v) is 6.51. The number of halogens is 1. The number of azo groups is 1. The Hall–Kier alpha value is -1.40. The van der Waals surface area contributed by atoms with Crippen LogP contribution in [0.15, 0.2) is 39.0 Å². The van der Waals surface area contributed by atoms with Crippen LogP contribution in [0.3, 0.4) is 0 Å². The van der Waals surface area contributed by atoms with Crippen molar-refractivity contribution in [2.45, 2.75) is 13.8 Å². The Kier molecular flexibility index (Phi) is 3.98. The number of aromatic nitrogens is 2. The summed E-state index contributed by atoms with van der Waals surface area (Å²) in [7, 11) is 0. The van der Waals surface area contributed by atoms with E-state index in [1.807, 2.05) is 38.1 Å². The summed E-state index contributed by atoms with van der Waals surface area (Å²) in [6.45, 7) is 3.77. The van der Waals surface area contributed by atoms with Crippen molar-refractivity contribution < 1.29 is 0 Å². The molecule has 0 atom stereocenters. The van der Waals surface area contributed by atoms with Crippen LogP contribution in [0.4, 0.5) is 11.4 Å². The van der Waals surface area contributed by atoms with E-state index in [1.165, 1.54) is 0 Å². The minimum atomic E-state index is 0.465. The lowest BCUT2D eigenvalue weighted by molar-refractivity contribution is 1.01. The molecule has 92 valence electrons. The van der Waals surface area contributed by atoms with Gasteiger partial charge in [0.05, 0.1) is 11.4 Å². The first-order chi connectivity index (χ1) is 8.56. The molecular weight excluding hydrogens is 312 g/mol. The smallest absolute Gasteiger partial charge is 0.197 e. The molecule has 0 aliphatic carbocycles. The third kappa shape index (κ3) is 3.08. The van der Waals surface area contributed by atoms with Crippen LogP contribution in [-0.4, -0.2) is 9.97 Å². The average molecular weight is 323 g/mol. The maximum absolute atomic E-state index is 4.99. The number of H-pyrrole nitrogens is 1. The Bertz CT molecular complexity index is 620. The van der Waals surface area contributed by atoms with Gasteiger partial charge in [0.15, 0.2) is 4.77 Å². The summed E-state index contributed by atoms with van der Waals surface area (Å²) in [5, 5.41) is 8.40. The summed E-state index contributed by atoms with van der Waals surface area (Å²) in [5.74, 6) is 0. The van der Waals surface area contributed by atoms with Crippen LogP contribution < -0.4 is 0 Å². The van der Waals surface area contributed by atoms with Crippen LogP contribution in [0, 0.1) is 18.6 Å². The Balaban J connectivity index is 2.34. The molecule has 2 aromatic rings. The van der Waals surface area contributed by atoms with Crippen LogP contribution in [0.1, 0.15) is 11.4 Å². The molecule has 18 heavy (non-hydrogen) atoms. The molecule has 0 saturated carbocycles. The highest BCUT2D eigenvalue weighted by Crippen LogP contribution is 2.23. The molecule has 0 aliphatic heterocycles. The molecule has 0 fully saturated rings. The minimum absolute atomic E-state index is 0.465. The molecule has 1 aromatic carbocycles. The van der Waals surface area contributed by atoms with Crippen molar-refractivity contribution >= 4 is 39.5 Å². The maximum atomic E-state index is 4.99. The van der Waals surface area contributed by atoms with Crippen molar-refractivity contribution in [3.63, 3.8) is 0 Å². The van der Waals surface area contributed by atoms with Gasteiger partial charge in [0.25, 0.3) is 0 Å². The van der Waals surface area contributed by atoms with E-state index in [1.54, 1.807) is 0 Å². The zero-order valence-electron chi connectivity index (χ0n) is 9.94. The van der Waals surface area contributed by atoms with E-state index < -0.39 is 0 Å². The molecule has 1 heterocycles. The molecule has 0 saturated heterocycles. The topological polar surface area (TPSA) is 53.4 Å². The predicted molar refractivity (Wildman–Crippen MR) is 77.2 cm³/mol. The van der Waals surface area contributed by atoms with E-state index in [0.717, 1.165) is 27.2 Å². The van der Waals surface area contributed by atoms with E-state index >= 15 is 0 Å². The number of aromatic amines is 1. The fourth-order valence-electron chi connectivity index (χ4n) is 1.49. The Morgan fingerprint density at radius 3 is 2.44 bits per heavy atom. The Morgan fingerprint density at radius 1 is 1.17 bits per heavy atom. The van der Waals surface area contributed by atoms with E-state index in [2.05, 4.69) is 36.1 Å². The highest BCUT2D eigenvalue weighted by Gasteiger charge is 2.03. The van der Waals surface area contributed by atoms with Crippen molar-refractivity contribution in [2.75, 3.05) is 0 Å². The fraction of sp³-hybridized carbons (Fsp3) is 0.167. The lowest BCUT2D eigenvalue weighted by Crippen LogP contribution is -1.90. The van der Waals surface area contributed by atoms with Gasteiger partial charge in [-0.05, 0) is 50.3 Å². The quantitative estimate of drug-likeness (QED) is 0.629. The molecule has 0 spiro atoms. The number of rotatable bonds is 2. The molecule has 0 unspecified atom stereocenters. The minimum Gasteiger partial charge on any atom is -0.333 e. The highest BCUT2D eigenvalue weighted by molar-refractivity contribution is 9.10. The van der Waals surface area contributed by atoms with Crippen LogP contribution >= 0.6 is 28.1 Å². The van der Waals surface area contributed by atoms with Gasteiger partial charge in [-0.25, -0.2) is 4.98 Å². The van der Waals surface area contributed by atoms with Crippen molar-refractivity contribution in [1.82, 2.24) is 9.97 Å². The summed E-state index contributed by atoms with van der Waals surface area (Å²) >= 11 is 8.37. The first kappa shape index (κ1) is 13.0. The van der Waals surface area contributed by atoms with Gasteiger partial charge in [-0.2, -0.15) is 5.11 Å². The molecule has 1 aromatic heterocycles. The van der Waals surface area contributed by atoms with Crippen molar-refractivity contribution in [3.8, 4) is 0 Å². The monoisotopic (exact) mass is 322 g/mol. The molecule has 0 amide bonds. The Labute approximate surface area is 118 Å². The second-order valence-corrected chi connectivity index (χ2v) is 5.08. The van der Waals surface area contributed by atoms with E-state index in [-0.39, 0.29) is 0 Å². The lowest BCUT2D eigenvalue weighted by Gasteiger charge is -2.02. The molecule has 2 rings (SSSR count). The number of hydrogen-bond donors (Lipinski definition) is 1. The third-order valence-corrected chi connectivity index (χ3v) is 3.08. The second-order valence-electron chi connectivity index (χ2n) is 3.78. The third-order valence-electron chi connectivity index (χ3n) is 2.35. The number of benzene rings is 1. The number of aryl methyl sites for hydroxylation is 2.